The zero-order chi connectivity index (χ0) is 10.3. The summed E-state index contributed by atoms with van der Waals surface area (Å²) in [5.41, 5.74) is 4.16. The van der Waals surface area contributed by atoms with E-state index in [-0.39, 0.29) is 0 Å². The lowest BCUT2D eigenvalue weighted by Gasteiger charge is -1.96. The molecule has 2 heteroatoms. The van der Waals surface area contributed by atoms with Crippen LogP contribution in [0.3, 0.4) is 0 Å². The van der Waals surface area contributed by atoms with Gasteiger partial charge in [0.1, 0.15) is 0 Å². The van der Waals surface area contributed by atoms with Crippen molar-refractivity contribution in [2.45, 2.75) is 39.5 Å². The minimum atomic E-state index is 0.447. The van der Waals surface area contributed by atoms with Gasteiger partial charge in [-0.05, 0) is 11.8 Å². The molecule has 2 heterocycles. The first-order chi connectivity index (χ1) is 6.61. The van der Waals surface area contributed by atoms with E-state index in [2.05, 4.69) is 27.7 Å². The van der Waals surface area contributed by atoms with Gasteiger partial charge in [0.2, 0.25) is 0 Å². The van der Waals surface area contributed by atoms with Crippen LogP contribution in [-0.4, -0.2) is 0 Å². The molecule has 0 saturated carbocycles. The van der Waals surface area contributed by atoms with Crippen molar-refractivity contribution in [3.8, 4) is 0 Å². The molecule has 0 aromatic carbocycles. The Balaban J connectivity index is 2.61. The summed E-state index contributed by atoms with van der Waals surface area (Å²) < 4.78 is 11.1. The molecule has 0 fully saturated rings. The highest BCUT2D eigenvalue weighted by Crippen LogP contribution is 2.33. The van der Waals surface area contributed by atoms with Crippen LogP contribution < -0.4 is 0 Å². The molecule has 0 aliphatic rings. The van der Waals surface area contributed by atoms with Crippen LogP contribution in [0.15, 0.2) is 21.4 Å². The van der Waals surface area contributed by atoms with Crippen molar-refractivity contribution in [3.05, 3.63) is 23.7 Å². The van der Waals surface area contributed by atoms with E-state index in [1.165, 1.54) is 0 Å². The first-order valence-electron chi connectivity index (χ1n) is 5.09. The van der Waals surface area contributed by atoms with E-state index in [1.54, 1.807) is 0 Å². The van der Waals surface area contributed by atoms with Gasteiger partial charge >= 0.3 is 0 Å². The smallest absolute Gasteiger partial charge is 0.175 e. The maximum Gasteiger partial charge on any atom is 0.175 e. The molecular formula is C12H16O2. The first kappa shape index (κ1) is 9.38. The number of hydrogen-bond donors (Lipinski definition) is 0. The van der Waals surface area contributed by atoms with Crippen LogP contribution in [0.5, 0.6) is 0 Å². The lowest BCUT2D eigenvalue weighted by molar-refractivity contribution is 0.592. The largest absolute Gasteiger partial charge is 0.460 e. The van der Waals surface area contributed by atoms with Crippen LogP contribution in [0.2, 0.25) is 0 Å². The summed E-state index contributed by atoms with van der Waals surface area (Å²) in [5.74, 6) is 0.893. The van der Waals surface area contributed by atoms with Gasteiger partial charge in [0.15, 0.2) is 11.2 Å². The van der Waals surface area contributed by atoms with Crippen LogP contribution in [0.1, 0.15) is 50.7 Å². The SMILES string of the molecule is CC(C)c1coc2c(C(C)C)coc12. The summed E-state index contributed by atoms with van der Waals surface area (Å²) in [7, 11) is 0. The van der Waals surface area contributed by atoms with Crippen molar-refractivity contribution in [2.24, 2.45) is 0 Å². The summed E-state index contributed by atoms with van der Waals surface area (Å²) in [6, 6.07) is 0. The average molecular weight is 192 g/mol. The molecule has 0 N–H and O–H groups in total. The van der Waals surface area contributed by atoms with Crippen LogP contribution in [0.25, 0.3) is 11.2 Å². The zero-order valence-corrected chi connectivity index (χ0v) is 9.13. The molecule has 0 unspecified atom stereocenters. The predicted octanol–water partition coefficient (Wildman–Crippen LogP) is 4.27. The maximum atomic E-state index is 5.55. The van der Waals surface area contributed by atoms with E-state index in [0.29, 0.717) is 11.8 Å². The summed E-state index contributed by atoms with van der Waals surface area (Å²) in [6.45, 7) is 8.56. The second kappa shape index (κ2) is 3.19. The summed E-state index contributed by atoms with van der Waals surface area (Å²) in [6.07, 6.45) is 3.62. The maximum absolute atomic E-state index is 5.55. The van der Waals surface area contributed by atoms with E-state index in [9.17, 15) is 0 Å². The number of hydrogen-bond acceptors (Lipinski definition) is 2. The average Bonchev–Trinajstić information content (AvgIpc) is 2.59. The Kier molecular flexibility index (Phi) is 2.14. The van der Waals surface area contributed by atoms with Crippen molar-refractivity contribution in [1.82, 2.24) is 0 Å². The zero-order valence-electron chi connectivity index (χ0n) is 9.13. The Morgan fingerprint density at radius 2 is 1.14 bits per heavy atom. The minimum Gasteiger partial charge on any atom is -0.460 e. The van der Waals surface area contributed by atoms with E-state index in [0.717, 1.165) is 22.3 Å². The summed E-state index contributed by atoms with van der Waals surface area (Å²) in [5, 5.41) is 0. The van der Waals surface area contributed by atoms with E-state index in [1.807, 2.05) is 12.5 Å². The van der Waals surface area contributed by atoms with Crippen LogP contribution in [0, 0.1) is 0 Å². The molecule has 0 aliphatic carbocycles. The van der Waals surface area contributed by atoms with E-state index >= 15 is 0 Å². The van der Waals surface area contributed by atoms with Crippen molar-refractivity contribution < 1.29 is 8.83 Å². The molecule has 0 aliphatic heterocycles. The minimum absolute atomic E-state index is 0.447. The fourth-order valence-electron chi connectivity index (χ4n) is 1.65. The van der Waals surface area contributed by atoms with Crippen LogP contribution in [0.4, 0.5) is 0 Å². The predicted molar refractivity (Wildman–Crippen MR) is 56.7 cm³/mol. The second-order valence-electron chi connectivity index (χ2n) is 4.35. The molecule has 2 nitrogen and oxygen atoms in total. The molecule has 76 valence electrons. The molecule has 2 aromatic rings. The highest BCUT2D eigenvalue weighted by atomic mass is 16.4. The lowest BCUT2D eigenvalue weighted by Crippen LogP contribution is -1.82. The molecular weight excluding hydrogens is 176 g/mol. The van der Waals surface area contributed by atoms with Gasteiger partial charge in [0.05, 0.1) is 12.5 Å². The quantitative estimate of drug-likeness (QED) is 0.710. The highest BCUT2D eigenvalue weighted by molar-refractivity contribution is 5.79. The van der Waals surface area contributed by atoms with Gasteiger partial charge in [-0.15, -0.1) is 0 Å². The van der Waals surface area contributed by atoms with Gasteiger partial charge in [-0.1, -0.05) is 27.7 Å². The third kappa shape index (κ3) is 1.26. The van der Waals surface area contributed by atoms with Gasteiger partial charge < -0.3 is 8.83 Å². The normalized spacial score (nSPS) is 12.1. The molecule has 0 saturated heterocycles. The number of fused-ring (bicyclic) bond motifs is 1. The Morgan fingerprint density at radius 1 is 0.786 bits per heavy atom. The van der Waals surface area contributed by atoms with Crippen molar-refractivity contribution in [3.63, 3.8) is 0 Å². The number of furan rings is 2. The Morgan fingerprint density at radius 3 is 1.43 bits per heavy atom. The summed E-state index contributed by atoms with van der Waals surface area (Å²) in [4.78, 5) is 0. The molecule has 14 heavy (non-hydrogen) atoms. The van der Waals surface area contributed by atoms with Gasteiger partial charge in [-0.25, -0.2) is 0 Å². The Labute approximate surface area is 83.9 Å². The van der Waals surface area contributed by atoms with E-state index in [4.69, 9.17) is 8.83 Å². The van der Waals surface area contributed by atoms with E-state index < -0.39 is 0 Å². The molecule has 0 spiro atoms. The lowest BCUT2D eigenvalue weighted by atomic mass is 10.0. The fraction of sp³-hybridized carbons (Fsp3) is 0.500. The van der Waals surface area contributed by atoms with Crippen molar-refractivity contribution in [2.75, 3.05) is 0 Å². The Hall–Kier alpha value is -1.18. The monoisotopic (exact) mass is 192 g/mol. The molecule has 2 aromatic heterocycles. The third-order valence-corrected chi connectivity index (χ3v) is 2.58. The molecule has 0 amide bonds. The standard InChI is InChI=1S/C12H16O2/c1-7(2)9-5-13-12-10(8(3)4)6-14-11(9)12/h5-8H,1-4H3. The summed E-state index contributed by atoms with van der Waals surface area (Å²) >= 11 is 0. The highest BCUT2D eigenvalue weighted by Gasteiger charge is 2.17. The second-order valence-corrected chi connectivity index (χ2v) is 4.35. The van der Waals surface area contributed by atoms with Gasteiger partial charge in [-0.3, -0.25) is 0 Å². The Bertz CT molecular complexity index is 390. The number of rotatable bonds is 2. The molecule has 0 bridgehead atoms. The first-order valence-corrected chi connectivity index (χ1v) is 5.09. The molecule has 2 rings (SSSR count). The molecule has 0 radical (unpaired) electrons. The fourth-order valence-corrected chi connectivity index (χ4v) is 1.65. The van der Waals surface area contributed by atoms with Crippen LogP contribution in [-0.2, 0) is 0 Å². The van der Waals surface area contributed by atoms with Crippen molar-refractivity contribution >= 4 is 11.2 Å². The van der Waals surface area contributed by atoms with Crippen molar-refractivity contribution in [1.29, 1.82) is 0 Å². The topological polar surface area (TPSA) is 26.3 Å². The van der Waals surface area contributed by atoms with Gasteiger partial charge in [-0.2, -0.15) is 0 Å². The molecule has 0 atom stereocenters. The van der Waals surface area contributed by atoms with Crippen LogP contribution >= 0.6 is 0 Å². The van der Waals surface area contributed by atoms with Gasteiger partial charge in [0, 0.05) is 11.1 Å². The van der Waals surface area contributed by atoms with Gasteiger partial charge in [0.25, 0.3) is 0 Å². The third-order valence-electron chi connectivity index (χ3n) is 2.58.